The van der Waals surface area contributed by atoms with Crippen LogP contribution in [0.5, 0.6) is 0 Å². The van der Waals surface area contributed by atoms with Gasteiger partial charge in [-0.05, 0) is 56.4 Å². The van der Waals surface area contributed by atoms with Gasteiger partial charge in [-0.3, -0.25) is 0 Å². The van der Waals surface area contributed by atoms with Crippen molar-refractivity contribution < 1.29 is 14.2 Å². The molecule has 0 aromatic heterocycles. The molecule has 0 spiro atoms. The van der Waals surface area contributed by atoms with Gasteiger partial charge in [0.05, 0.1) is 12.1 Å². The lowest BCUT2D eigenvalue weighted by atomic mass is 9.74. The lowest BCUT2D eigenvalue weighted by Crippen LogP contribution is -2.60. The number of hydrogen-bond acceptors (Lipinski definition) is 3. The van der Waals surface area contributed by atoms with Crippen LogP contribution in [0.2, 0.25) is 0 Å². The van der Waals surface area contributed by atoms with Crippen molar-refractivity contribution >= 4 is 5.69 Å². The van der Waals surface area contributed by atoms with Crippen LogP contribution in [0.1, 0.15) is 32.1 Å². The van der Waals surface area contributed by atoms with Crippen LogP contribution in [0.25, 0.3) is 0 Å². The lowest BCUT2D eigenvalue weighted by Gasteiger charge is -2.48. The zero-order valence-corrected chi connectivity index (χ0v) is 10.9. The normalized spacial score (nSPS) is 34.6. The second kappa shape index (κ2) is 5.10. The molecule has 1 aliphatic carbocycles. The quantitative estimate of drug-likeness (QED) is 0.864. The van der Waals surface area contributed by atoms with Gasteiger partial charge in [0.15, 0.2) is 0 Å². The van der Waals surface area contributed by atoms with Gasteiger partial charge in [0.25, 0.3) is 0 Å². The lowest BCUT2D eigenvalue weighted by molar-refractivity contribution is -0.168. The maximum atomic E-state index is 12.9. The maximum absolute atomic E-state index is 12.9. The summed E-state index contributed by atoms with van der Waals surface area (Å²) in [5.41, 5.74) is 0.0660. The molecular weight excluding hydrogens is 245 g/mol. The van der Waals surface area contributed by atoms with E-state index in [0.717, 1.165) is 44.4 Å². The van der Waals surface area contributed by atoms with Crippen molar-refractivity contribution in [1.82, 2.24) is 0 Å². The first-order valence-electron chi connectivity index (χ1n) is 7.04. The van der Waals surface area contributed by atoms with Crippen LogP contribution < -0.4 is 5.32 Å². The molecule has 0 amide bonds. The number of anilines is 1. The molecule has 2 fully saturated rings. The molecule has 3 nitrogen and oxygen atoms in total. The predicted molar refractivity (Wildman–Crippen MR) is 71.6 cm³/mol. The van der Waals surface area contributed by atoms with Gasteiger partial charge in [0, 0.05) is 12.3 Å². The van der Waals surface area contributed by atoms with Crippen LogP contribution in [0.15, 0.2) is 24.3 Å². The summed E-state index contributed by atoms with van der Waals surface area (Å²) in [6, 6.07) is 6.28. The van der Waals surface area contributed by atoms with E-state index in [1.54, 1.807) is 12.1 Å². The Morgan fingerprint density at radius 1 is 1.21 bits per heavy atom. The van der Waals surface area contributed by atoms with Gasteiger partial charge in [-0.25, -0.2) is 4.39 Å². The largest absolute Gasteiger partial charge is 0.385 e. The summed E-state index contributed by atoms with van der Waals surface area (Å²) in [5, 5.41) is 14.3. The van der Waals surface area contributed by atoms with E-state index in [9.17, 15) is 9.50 Å². The van der Waals surface area contributed by atoms with Gasteiger partial charge in [0.1, 0.15) is 11.4 Å². The highest BCUT2D eigenvalue weighted by molar-refractivity contribution is 5.44. The number of nitrogens with one attached hydrogen (secondary N) is 1. The van der Waals surface area contributed by atoms with Crippen LogP contribution in [0.4, 0.5) is 10.1 Å². The van der Waals surface area contributed by atoms with E-state index in [0.29, 0.717) is 0 Å². The van der Waals surface area contributed by atoms with Gasteiger partial charge < -0.3 is 15.2 Å². The molecular formula is C15H20FNO2. The van der Waals surface area contributed by atoms with Crippen molar-refractivity contribution in [1.29, 1.82) is 0 Å². The zero-order valence-electron chi connectivity index (χ0n) is 10.9. The first-order chi connectivity index (χ1) is 9.18. The Morgan fingerprint density at radius 3 is 2.79 bits per heavy atom. The van der Waals surface area contributed by atoms with Crippen LogP contribution in [-0.2, 0) is 4.74 Å². The fourth-order valence-corrected chi connectivity index (χ4v) is 3.32. The molecule has 1 aromatic rings. The third kappa shape index (κ3) is 2.47. The molecule has 1 heterocycles. The SMILES string of the molecule is O[C@]12CCCO[C@@H]1CCC[C@H]2Nc1ccc(F)cc1. The summed E-state index contributed by atoms with van der Waals surface area (Å²) >= 11 is 0. The van der Waals surface area contributed by atoms with Crippen molar-refractivity contribution in [3.63, 3.8) is 0 Å². The Bertz CT molecular complexity index is 434. The van der Waals surface area contributed by atoms with Crippen molar-refractivity contribution in [3.05, 3.63) is 30.1 Å². The Morgan fingerprint density at radius 2 is 2.00 bits per heavy atom. The van der Waals surface area contributed by atoms with Gasteiger partial charge in [-0.1, -0.05) is 0 Å². The molecule has 0 radical (unpaired) electrons. The molecule has 1 saturated heterocycles. The first kappa shape index (κ1) is 12.9. The Hall–Kier alpha value is -1.13. The topological polar surface area (TPSA) is 41.5 Å². The van der Waals surface area contributed by atoms with E-state index < -0.39 is 5.60 Å². The number of rotatable bonds is 2. The minimum atomic E-state index is -0.787. The maximum Gasteiger partial charge on any atom is 0.123 e. The van der Waals surface area contributed by atoms with Crippen LogP contribution in [0.3, 0.4) is 0 Å². The van der Waals surface area contributed by atoms with E-state index in [2.05, 4.69) is 5.32 Å². The minimum absolute atomic E-state index is 0.0167. The second-order valence-electron chi connectivity index (χ2n) is 5.59. The molecule has 0 unspecified atom stereocenters. The Balaban J connectivity index is 1.77. The summed E-state index contributed by atoms with van der Waals surface area (Å²) in [6.45, 7) is 0.746. The van der Waals surface area contributed by atoms with Gasteiger partial charge in [-0.15, -0.1) is 0 Å². The number of benzene rings is 1. The molecule has 0 bridgehead atoms. The van der Waals surface area contributed by atoms with Gasteiger partial charge in [0.2, 0.25) is 0 Å². The number of fused-ring (bicyclic) bond motifs is 1. The molecule has 1 aliphatic heterocycles. The minimum Gasteiger partial charge on any atom is -0.385 e. The highest BCUT2D eigenvalue weighted by Crippen LogP contribution is 2.39. The van der Waals surface area contributed by atoms with Gasteiger partial charge >= 0.3 is 0 Å². The highest BCUT2D eigenvalue weighted by atomic mass is 19.1. The van der Waals surface area contributed by atoms with Crippen molar-refractivity contribution in [2.24, 2.45) is 0 Å². The second-order valence-corrected chi connectivity index (χ2v) is 5.59. The standard InChI is InChI=1S/C15H20FNO2/c16-11-5-7-12(8-6-11)17-13-3-1-4-14-15(13,18)9-2-10-19-14/h5-8,13-14,17-18H,1-4,9-10H2/t13-,14-,15+/m1/s1. The molecule has 1 saturated carbocycles. The number of halogens is 1. The summed E-state index contributed by atoms with van der Waals surface area (Å²) in [5.74, 6) is -0.244. The summed E-state index contributed by atoms with van der Waals surface area (Å²) in [4.78, 5) is 0. The van der Waals surface area contributed by atoms with Crippen LogP contribution in [-0.4, -0.2) is 29.5 Å². The summed E-state index contributed by atoms with van der Waals surface area (Å²) in [7, 11) is 0. The van der Waals surface area contributed by atoms with E-state index in [1.165, 1.54) is 12.1 Å². The Kier molecular flexibility index (Phi) is 3.46. The summed E-state index contributed by atoms with van der Waals surface area (Å²) < 4.78 is 18.6. The fourth-order valence-electron chi connectivity index (χ4n) is 3.32. The molecule has 2 aliphatic rings. The molecule has 2 N–H and O–H groups in total. The predicted octanol–water partition coefficient (Wildman–Crippen LogP) is 2.70. The molecule has 1 aromatic carbocycles. The zero-order chi connectivity index (χ0) is 13.3. The number of hydrogen-bond donors (Lipinski definition) is 2. The average molecular weight is 265 g/mol. The van der Waals surface area contributed by atoms with Crippen LogP contribution >= 0.6 is 0 Å². The van der Waals surface area contributed by atoms with E-state index in [-0.39, 0.29) is 18.0 Å². The molecule has 4 heteroatoms. The highest BCUT2D eigenvalue weighted by Gasteiger charge is 2.48. The third-order valence-corrected chi connectivity index (χ3v) is 4.35. The molecule has 3 rings (SSSR count). The van der Waals surface area contributed by atoms with E-state index >= 15 is 0 Å². The number of aliphatic hydroxyl groups is 1. The smallest absolute Gasteiger partial charge is 0.123 e. The Labute approximate surface area is 112 Å². The molecule has 3 atom stereocenters. The fraction of sp³-hybridized carbons (Fsp3) is 0.600. The third-order valence-electron chi connectivity index (χ3n) is 4.35. The number of ether oxygens (including phenoxy) is 1. The summed E-state index contributed by atoms with van der Waals surface area (Å²) in [6.07, 6.45) is 4.51. The van der Waals surface area contributed by atoms with Crippen molar-refractivity contribution in [2.75, 3.05) is 11.9 Å². The first-order valence-corrected chi connectivity index (χ1v) is 7.04. The molecule has 104 valence electrons. The molecule has 19 heavy (non-hydrogen) atoms. The monoisotopic (exact) mass is 265 g/mol. The average Bonchev–Trinajstić information content (AvgIpc) is 2.42. The van der Waals surface area contributed by atoms with Crippen molar-refractivity contribution in [3.8, 4) is 0 Å². The van der Waals surface area contributed by atoms with E-state index in [1.807, 2.05) is 0 Å². The van der Waals surface area contributed by atoms with Crippen molar-refractivity contribution in [2.45, 2.75) is 49.9 Å². The van der Waals surface area contributed by atoms with Gasteiger partial charge in [-0.2, -0.15) is 0 Å². The van der Waals surface area contributed by atoms with E-state index in [4.69, 9.17) is 4.74 Å². The van der Waals surface area contributed by atoms with Crippen LogP contribution in [0, 0.1) is 5.82 Å².